The molecule has 1 aromatic heterocycles. The van der Waals surface area contributed by atoms with E-state index in [1.54, 1.807) is 24.3 Å². The van der Waals surface area contributed by atoms with Gasteiger partial charge in [0.1, 0.15) is 12.4 Å². The minimum Gasteiger partial charge on any atom is -0.492 e. The summed E-state index contributed by atoms with van der Waals surface area (Å²) in [5, 5.41) is 15.0. The standard InChI is InChI=1S/C24H32N4O4S/c1-28(2)33(30,31)27-18-7-5-6-17(14-18)24(29)16-25-12-13-32-19-10-11-21-20-8-3-4-9-22(20)26-23(21)15-19/h5-7,10-11,14-15,24-27,29H,3-4,8-9,12-13,16H2,1-2H3. The predicted molar refractivity (Wildman–Crippen MR) is 131 cm³/mol. The first-order chi connectivity index (χ1) is 15.8. The number of H-pyrrole nitrogens is 1. The summed E-state index contributed by atoms with van der Waals surface area (Å²) in [5.41, 5.74) is 4.99. The van der Waals surface area contributed by atoms with E-state index in [0.29, 0.717) is 30.9 Å². The molecule has 0 saturated heterocycles. The quantitative estimate of drug-likeness (QED) is 0.340. The Morgan fingerprint density at radius 3 is 2.79 bits per heavy atom. The van der Waals surface area contributed by atoms with Crippen molar-refractivity contribution in [2.45, 2.75) is 31.8 Å². The number of hydrogen-bond acceptors (Lipinski definition) is 5. The van der Waals surface area contributed by atoms with Gasteiger partial charge in [-0.2, -0.15) is 12.7 Å². The maximum absolute atomic E-state index is 12.0. The second-order valence-corrected chi connectivity index (χ2v) is 10.5. The van der Waals surface area contributed by atoms with E-state index in [4.69, 9.17) is 4.74 Å². The summed E-state index contributed by atoms with van der Waals surface area (Å²) in [5.74, 6) is 0.823. The third kappa shape index (κ3) is 5.67. The van der Waals surface area contributed by atoms with Gasteiger partial charge in [-0.3, -0.25) is 4.72 Å². The number of fused-ring (bicyclic) bond motifs is 3. The number of aromatic amines is 1. The molecule has 1 heterocycles. The number of aromatic nitrogens is 1. The predicted octanol–water partition coefficient (Wildman–Crippen LogP) is 2.97. The molecule has 8 nitrogen and oxygen atoms in total. The molecule has 1 aliphatic rings. The van der Waals surface area contributed by atoms with Crippen molar-refractivity contribution in [2.24, 2.45) is 0 Å². The van der Waals surface area contributed by atoms with E-state index in [0.717, 1.165) is 28.4 Å². The zero-order valence-corrected chi connectivity index (χ0v) is 19.9. The van der Waals surface area contributed by atoms with Crippen molar-refractivity contribution >= 4 is 26.8 Å². The van der Waals surface area contributed by atoms with Gasteiger partial charge in [-0.05, 0) is 61.1 Å². The van der Waals surface area contributed by atoms with E-state index in [1.165, 1.54) is 43.6 Å². The second kappa shape index (κ2) is 10.1. The van der Waals surface area contributed by atoms with Crippen LogP contribution in [0.1, 0.15) is 35.8 Å². The number of benzene rings is 2. The Labute approximate surface area is 195 Å². The highest BCUT2D eigenvalue weighted by Crippen LogP contribution is 2.31. The SMILES string of the molecule is CN(C)S(=O)(=O)Nc1cccc(C(O)CNCCOc2ccc3c4c([nH]c3c2)CCCC4)c1. The number of anilines is 1. The van der Waals surface area contributed by atoms with E-state index in [2.05, 4.69) is 27.2 Å². The van der Waals surface area contributed by atoms with Crippen molar-refractivity contribution in [1.82, 2.24) is 14.6 Å². The minimum atomic E-state index is -3.59. The molecule has 4 rings (SSSR count). The van der Waals surface area contributed by atoms with Gasteiger partial charge in [0.2, 0.25) is 0 Å². The number of aliphatic hydroxyl groups is 1. The lowest BCUT2D eigenvalue weighted by Crippen LogP contribution is -2.29. The van der Waals surface area contributed by atoms with Crippen molar-refractivity contribution in [2.75, 3.05) is 38.5 Å². The van der Waals surface area contributed by atoms with Crippen molar-refractivity contribution < 1.29 is 18.3 Å². The molecule has 178 valence electrons. The number of nitrogens with one attached hydrogen (secondary N) is 3. The van der Waals surface area contributed by atoms with Crippen molar-refractivity contribution in [3.05, 3.63) is 59.3 Å². The van der Waals surface area contributed by atoms with Crippen LogP contribution in [0, 0.1) is 0 Å². The molecule has 1 unspecified atom stereocenters. The Morgan fingerprint density at radius 1 is 1.15 bits per heavy atom. The van der Waals surface area contributed by atoms with E-state index < -0.39 is 16.3 Å². The van der Waals surface area contributed by atoms with Gasteiger partial charge >= 0.3 is 10.2 Å². The Hall–Kier alpha value is -2.59. The molecule has 0 fully saturated rings. The Morgan fingerprint density at radius 2 is 1.97 bits per heavy atom. The molecule has 0 spiro atoms. The summed E-state index contributed by atoms with van der Waals surface area (Å²) in [6, 6.07) is 13.0. The van der Waals surface area contributed by atoms with Gasteiger partial charge in [0.25, 0.3) is 0 Å². The number of aryl methyl sites for hydroxylation is 2. The topological polar surface area (TPSA) is 107 Å². The maximum Gasteiger partial charge on any atom is 0.301 e. The summed E-state index contributed by atoms with van der Waals surface area (Å²) in [6.45, 7) is 1.38. The average molecular weight is 473 g/mol. The highest BCUT2D eigenvalue weighted by molar-refractivity contribution is 7.90. The van der Waals surface area contributed by atoms with Gasteiger partial charge in [0, 0.05) is 49.8 Å². The van der Waals surface area contributed by atoms with Gasteiger partial charge in [-0.25, -0.2) is 0 Å². The largest absolute Gasteiger partial charge is 0.492 e. The van der Waals surface area contributed by atoms with Crippen LogP contribution in [0.2, 0.25) is 0 Å². The van der Waals surface area contributed by atoms with Crippen LogP contribution < -0.4 is 14.8 Å². The summed E-state index contributed by atoms with van der Waals surface area (Å²) in [4.78, 5) is 3.54. The molecule has 0 amide bonds. The van der Waals surface area contributed by atoms with E-state index in [1.807, 2.05) is 6.07 Å². The Kier molecular flexibility index (Phi) is 7.23. The fourth-order valence-corrected chi connectivity index (χ4v) is 4.74. The van der Waals surface area contributed by atoms with Crippen molar-refractivity contribution in [3.8, 4) is 5.75 Å². The van der Waals surface area contributed by atoms with E-state index >= 15 is 0 Å². The van der Waals surface area contributed by atoms with Crippen LogP contribution in [0.4, 0.5) is 5.69 Å². The number of hydrogen-bond donors (Lipinski definition) is 4. The van der Waals surface area contributed by atoms with Crippen molar-refractivity contribution in [1.29, 1.82) is 0 Å². The Balaban J connectivity index is 1.25. The van der Waals surface area contributed by atoms with Gasteiger partial charge in [0.15, 0.2) is 0 Å². The lowest BCUT2D eigenvalue weighted by atomic mass is 9.96. The minimum absolute atomic E-state index is 0.329. The molecular formula is C24H32N4O4S. The molecular weight excluding hydrogens is 440 g/mol. The fourth-order valence-electron chi connectivity index (χ4n) is 4.13. The zero-order valence-electron chi connectivity index (χ0n) is 19.1. The highest BCUT2D eigenvalue weighted by Gasteiger charge is 2.16. The van der Waals surface area contributed by atoms with Crippen LogP contribution in [0.15, 0.2) is 42.5 Å². The molecule has 0 aliphatic heterocycles. The molecule has 9 heteroatoms. The lowest BCUT2D eigenvalue weighted by molar-refractivity contribution is 0.172. The Bertz CT molecular complexity index is 1210. The highest BCUT2D eigenvalue weighted by atomic mass is 32.2. The summed E-state index contributed by atoms with van der Waals surface area (Å²) < 4.78 is 33.4. The first-order valence-corrected chi connectivity index (χ1v) is 12.7. The number of rotatable bonds is 10. The van der Waals surface area contributed by atoms with Gasteiger partial charge < -0.3 is 20.1 Å². The second-order valence-electron chi connectivity index (χ2n) is 8.58. The fraction of sp³-hybridized carbons (Fsp3) is 0.417. The third-order valence-electron chi connectivity index (χ3n) is 5.95. The van der Waals surface area contributed by atoms with Crippen LogP contribution >= 0.6 is 0 Å². The summed E-state index contributed by atoms with van der Waals surface area (Å²) >= 11 is 0. The summed E-state index contributed by atoms with van der Waals surface area (Å²) in [6.07, 6.45) is 4.00. The number of ether oxygens (including phenoxy) is 1. The van der Waals surface area contributed by atoms with Crippen LogP contribution in [-0.4, -0.2) is 56.6 Å². The molecule has 1 aliphatic carbocycles. The third-order valence-corrected chi connectivity index (χ3v) is 7.41. The molecule has 0 radical (unpaired) electrons. The average Bonchev–Trinajstić information content (AvgIpc) is 3.16. The van der Waals surface area contributed by atoms with Crippen LogP contribution in [0.5, 0.6) is 5.75 Å². The molecule has 33 heavy (non-hydrogen) atoms. The molecule has 0 saturated carbocycles. The zero-order chi connectivity index (χ0) is 23.4. The molecule has 3 aromatic rings. The number of aliphatic hydroxyl groups excluding tert-OH is 1. The van der Waals surface area contributed by atoms with E-state index in [-0.39, 0.29) is 0 Å². The van der Waals surface area contributed by atoms with Crippen LogP contribution in [-0.2, 0) is 23.1 Å². The van der Waals surface area contributed by atoms with Crippen LogP contribution in [0.25, 0.3) is 10.9 Å². The normalized spacial score (nSPS) is 14.9. The summed E-state index contributed by atoms with van der Waals surface area (Å²) in [7, 11) is -0.682. The van der Waals surface area contributed by atoms with Gasteiger partial charge in [0.05, 0.1) is 11.8 Å². The van der Waals surface area contributed by atoms with E-state index in [9.17, 15) is 13.5 Å². The molecule has 0 bridgehead atoms. The first kappa shape index (κ1) is 23.6. The first-order valence-electron chi connectivity index (χ1n) is 11.3. The molecule has 1 atom stereocenters. The van der Waals surface area contributed by atoms with Gasteiger partial charge in [-0.15, -0.1) is 0 Å². The lowest BCUT2D eigenvalue weighted by Gasteiger charge is -2.16. The monoisotopic (exact) mass is 472 g/mol. The molecule has 2 aromatic carbocycles. The maximum atomic E-state index is 12.0. The molecule has 4 N–H and O–H groups in total. The van der Waals surface area contributed by atoms with Gasteiger partial charge in [-0.1, -0.05) is 12.1 Å². The van der Waals surface area contributed by atoms with Crippen LogP contribution in [0.3, 0.4) is 0 Å². The smallest absolute Gasteiger partial charge is 0.301 e. The number of nitrogens with zero attached hydrogens (tertiary/aromatic N) is 1. The van der Waals surface area contributed by atoms with Crippen molar-refractivity contribution in [3.63, 3.8) is 0 Å².